The molecule has 0 aliphatic heterocycles. The molecule has 0 aliphatic carbocycles. The van der Waals surface area contributed by atoms with Gasteiger partial charge in [0.2, 0.25) is 0 Å². The first-order valence-electron chi connectivity index (χ1n) is 8.21. The lowest BCUT2D eigenvalue weighted by Crippen LogP contribution is -2.26. The SMILES string of the molecule is CC(C)(CCC(O)CCCC(O)CCC(C)(C)C(=O)O)C(=O)O. The quantitative estimate of drug-likeness (QED) is 0.437. The number of hydrogen-bond donors (Lipinski definition) is 4. The van der Waals surface area contributed by atoms with Crippen molar-refractivity contribution < 1.29 is 30.0 Å². The fourth-order valence-corrected chi connectivity index (χ4v) is 2.15. The molecule has 0 aromatic rings. The molecule has 0 spiro atoms. The molecular formula is C17H32O6. The van der Waals surface area contributed by atoms with E-state index < -0.39 is 35.0 Å². The number of carboxylic acid groups (broad SMARTS) is 2. The first kappa shape index (κ1) is 21.9. The van der Waals surface area contributed by atoms with Gasteiger partial charge in [0.1, 0.15) is 0 Å². The van der Waals surface area contributed by atoms with E-state index >= 15 is 0 Å². The molecule has 0 saturated carbocycles. The standard InChI is InChI=1S/C17H32O6/c1-16(2,14(20)21)10-8-12(18)6-5-7-13(19)9-11-17(3,4)15(22)23/h12-13,18-19H,5-11H2,1-4H3,(H,20,21)(H,22,23). The van der Waals surface area contributed by atoms with Crippen molar-refractivity contribution in [2.24, 2.45) is 10.8 Å². The highest BCUT2D eigenvalue weighted by Crippen LogP contribution is 2.26. The largest absolute Gasteiger partial charge is 0.481 e. The molecule has 0 aromatic heterocycles. The average molecular weight is 332 g/mol. The lowest BCUT2D eigenvalue weighted by molar-refractivity contribution is -0.148. The minimum absolute atomic E-state index is 0.402. The number of hydrogen-bond acceptors (Lipinski definition) is 4. The Kier molecular flexibility index (Phi) is 8.77. The first-order chi connectivity index (χ1) is 10.4. The molecule has 0 fully saturated rings. The van der Waals surface area contributed by atoms with Gasteiger partial charge in [0.05, 0.1) is 23.0 Å². The molecule has 2 atom stereocenters. The van der Waals surface area contributed by atoms with Crippen molar-refractivity contribution in [1.82, 2.24) is 0 Å². The molecule has 0 amide bonds. The summed E-state index contributed by atoms with van der Waals surface area (Å²) in [7, 11) is 0. The van der Waals surface area contributed by atoms with Gasteiger partial charge >= 0.3 is 11.9 Å². The number of carboxylic acids is 2. The van der Waals surface area contributed by atoms with Gasteiger partial charge in [-0.3, -0.25) is 9.59 Å². The predicted molar refractivity (Wildman–Crippen MR) is 87.2 cm³/mol. The second-order valence-electron chi connectivity index (χ2n) is 7.69. The zero-order valence-electron chi connectivity index (χ0n) is 14.7. The van der Waals surface area contributed by atoms with Gasteiger partial charge in [-0.05, 0) is 72.6 Å². The van der Waals surface area contributed by atoms with Crippen LogP contribution in [0.3, 0.4) is 0 Å². The second kappa shape index (κ2) is 9.23. The fourth-order valence-electron chi connectivity index (χ4n) is 2.15. The molecule has 6 nitrogen and oxygen atoms in total. The smallest absolute Gasteiger partial charge is 0.309 e. The van der Waals surface area contributed by atoms with E-state index in [9.17, 15) is 19.8 Å². The van der Waals surface area contributed by atoms with E-state index in [-0.39, 0.29) is 0 Å². The number of rotatable bonds is 12. The van der Waals surface area contributed by atoms with Crippen LogP contribution in [0, 0.1) is 10.8 Å². The van der Waals surface area contributed by atoms with Gasteiger partial charge in [-0.25, -0.2) is 0 Å². The maximum absolute atomic E-state index is 11.0. The Labute approximate surface area is 138 Å². The Balaban J connectivity index is 3.93. The van der Waals surface area contributed by atoms with Crippen molar-refractivity contribution in [2.75, 3.05) is 0 Å². The third-order valence-electron chi connectivity index (χ3n) is 4.44. The number of carbonyl (C=O) groups is 2. The Morgan fingerprint density at radius 1 is 0.739 bits per heavy atom. The van der Waals surface area contributed by atoms with Crippen molar-refractivity contribution >= 4 is 11.9 Å². The van der Waals surface area contributed by atoms with Crippen LogP contribution < -0.4 is 0 Å². The number of aliphatic hydroxyl groups excluding tert-OH is 2. The third kappa shape index (κ3) is 8.91. The molecule has 0 aromatic carbocycles. The van der Waals surface area contributed by atoms with E-state index in [0.29, 0.717) is 44.9 Å². The third-order valence-corrected chi connectivity index (χ3v) is 4.44. The second-order valence-corrected chi connectivity index (χ2v) is 7.69. The lowest BCUT2D eigenvalue weighted by Gasteiger charge is -2.22. The van der Waals surface area contributed by atoms with Crippen LogP contribution in [0.4, 0.5) is 0 Å². The Morgan fingerprint density at radius 3 is 1.30 bits per heavy atom. The summed E-state index contributed by atoms with van der Waals surface area (Å²) in [5, 5.41) is 37.8. The first-order valence-corrected chi connectivity index (χ1v) is 8.21. The molecule has 0 aliphatic rings. The molecular weight excluding hydrogens is 300 g/mol. The van der Waals surface area contributed by atoms with E-state index in [1.54, 1.807) is 27.7 Å². The maximum atomic E-state index is 11.0. The summed E-state index contributed by atoms with van der Waals surface area (Å²) < 4.78 is 0. The van der Waals surface area contributed by atoms with Crippen LogP contribution in [0.25, 0.3) is 0 Å². The van der Waals surface area contributed by atoms with Gasteiger partial charge in [-0.2, -0.15) is 0 Å². The van der Waals surface area contributed by atoms with Crippen LogP contribution in [0.15, 0.2) is 0 Å². The molecule has 6 heteroatoms. The highest BCUT2D eigenvalue weighted by molar-refractivity contribution is 5.73. The summed E-state index contributed by atoms with van der Waals surface area (Å²) in [4.78, 5) is 22.0. The van der Waals surface area contributed by atoms with E-state index in [4.69, 9.17) is 10.2 Å². The minimum atomic E-state index is -0.874. The highest BCUT2D eigenvalue weighted by atomic mass is 16.4. The fraction of sp³-hybridized carbons (Fsp3) is 0.882. The average Bonchev–Trinajstić information content (AvgIpc) is 2.43. The molecule has 0 rings (SSSR count). The van der Waals surface area contributed by atoms with E-state index in [0.717, 1.165) is 0 Å². The summed E-state index contributed by atoms with van der Waals surface area (Å²) in [5.41, 5.74) is -1.69. The summed E-state index contributed by atoms with van der Waals surface area (Å²) >= 11 is 0. The van der Waals surface area contributed by atoms with E-state index in [1.165, 1.54) is 0 Å². The van der Waals surface area contributed by atoms with Gasteiger partial charge < -0.3 is 20.4 Å². The van der Waals surface area contributed by atoms with E-state index in [1.807, 2.05) is 0 Å². The van der Waals surface area contributed by atoms with Crippen LogP contribution in [0.1, 0.15) is 72.6 Å². The maximum Gasteiger partial charge on any atom is 0.309 e. The summed E-state index contributed by atoms with van der Waals surface area (Å²) in [6.07, 6.45) is 2.14. The zero-order chi connectivity index (χ0) is 18.3. The van der Waals surface area contributed by atoms with Crippen molar-refractivity contribution in [3.8, 4) is 0 Å². The van der Waals surface area contributed by atoms with Crippen molar-refractivity contribution in [2.45, 2.75) is 84.8 Å². The molecule has 0 bridgehead atoms. The molecule has 0 saturated heterocycles. The summed E-state index contributed by atoms with van der Waals surface area (Å²) in [5.74, 6) is -1.75. The molecule has 0 heterocycles. The topological polar surface area (TPSA) is 115 Å². The Bertz CT molecular complexity index is 353. The summed E-state index contributed by atoms with van der Waals surface area (Å²) in [6, 6.07) is 0. The predicted octanol–water partition coefficient (Wildman–Crippen LogP) is 2.66. The minimum Gasteiger partial charge on any atom is -0.481 e. The van der Waals surface area contributed by atoms with Gasteiger partial charge in [0.15, 0.2) is 0 Å². The van der Waals surface area contributed by atoms with E-state index in [2.05, 4.69) is 0 Å². The zero-order valence-corrected chi connectivity index (χ0v) is 14.7. The van der Waals surface area contributed by atoms with Gasteiger partial charge in [-0.15, -0.1) is 0 Å². The highest BCUT2D eigenvalue weighted by Gasteiger charge is 2.28. The molecule has 23 heavy (non-hydrogen) atoms. The Morgan fingerprint density at radius 2 is 1.04 bits per heavy atom. The molecule has 136 valence electrons. The monoisotopic (exact) mass is 332 g/mol. The van der Waals surface area contributed by atoms with Crippen LogP contribution in [-0.2, 0) is 9.59 Å². The van der Waals surface area contributed by atoms with Crippen LogP contribution in [0.2, 0.25) is 0 Å². The lowest BCUT2D eigenvalue weighted by atomic mass is 9.85. The van der Waals surface area contributed by atoms with Crippen LogP contribution >= 0.6 is 0 Å². The van der Waals surface area contributed by atoms with Crippen LogP contribution in [0.5, 0.6) is 0 Å². The molecule has 0 radical (unpaired) electrons. The summed E-state index contributed by atoms with van der Waals surface area (Å²) in [6.45, 7) is 6.54. The van der Waals surface area contributed by atoms with Gasteiger partial charge in [-0.1, -0.05) is 0 Å². The van der Waals surface area contributed by atoms with Gasteiger partial charge in [0.25, 0.3) is 0 Å². The van der Waals surface area contributed by atoms with Crippen LogP contribution in [-0.4, -0.2) is 44.6 Å². The normalized spacial score (nSPS) is 15.2. The molecule has 4 N–H and O–H groups in total. The van der Waals surface area contributed by atoms with Gasteiger partial charge in [0, 0.05) is 0 Å². The van der Waals surface area contributed by atoms with Crippen molar-refractivity contribution in [3.63, 3.8) is 0 Å². The number of aliphatic carboxylic acids is 2. The Hall–Kier alpha value is -1.14. The van der Waals surface area contributed by atoms with Crippen molar-refractivity contribution in [3.05, 3.63) is 0 Å². The molecule has 2 unspecified atom stereocenters. The van der Waals surface area contributed by atoms with Crippen molar-refractivity contribution in [1.29, 1.82) is 0 Å². The number of aliphatic hydroxyl groups is 2.